The first-order chi connectivity index (χ1) is 28.6. The van der Waals surface area contributed by atoms with Gasteiger partial charge in [-0.1, -0.05) is 65.5 Å². The summed E-state index contributed by atoms with van der Waals surface area (Å²) in [5.41, 5.74) is 4.53. The first-order valence-electron chi connectivity index (χ1n) is 20.6. The number of ether oxygens (including phenoxy) is 2. The second kappa shape index (κ2) is 18.3. The number of alkyl carbamates (subject to hydrolysis) is 2. The molecule has 0 radical (unpaired) electrons. The molecular formula is C46H56N8O6. The number of carbonyl (C=O) groups excluding carboxylic acids is 4. The molecule has 4 heterocycles. The Kier molecular flexibility index (Phi) is 13.2. The molecule has 6 rings (SSSR count). The van der Waals surface area contributed by atoms with Crippen molar-refractivity contribution in [3.8, 4) is 23.7 Å². The SMILES string of the molecule is COC(=O)NC(C(=O)N1CC(C)CC1c1nc(C#Cc2ccc3cc(C#Cc4nc(C5CC(C)CN5C(=O)C(NC(=O)OC)C(C)C)[nH]c4C)ccc3c2)c(C)[nH]1)C(C)C. The van der Waals surface area contributed by atoms with Gasteiger partial charge in [0.15, 0.2) is 0 Å². The highest BCUT2D eigenvalue weighted by atomic mass is 16.5. The van der Waals surface area contributed by atoms with Gasteiger partial charge in [-0.3, -0.25) is 9.59 Å². The van der Waals surface area contributed by atoms with Crippen LogP contribution in [0.25, 0.3) is 10.8 Å². The number of benzene rings is 2. The van der Waals surface area contributed by atoms with Crippen LogP contribution in [0.15, 0.2) is 36.4 Å². The van der Waals surface area contributed by atoms with Gasteiger partial charge in [0.25, 0.3) is 0 Å². The molecule has 0 saturated carbocycles. The number of nitrogens with zero attached hydrogens (tertiary/aromatic N) is 4. The number of imidazole rings is 2. The molecule has 2 aromatic heterocycles. The lowest BCUT2D eigenvalue weighted by molar-refractivity contribution is -0.136. The number of aromatic nitrogens is 4. The molecule has 0 bridgehead atoms. The van der Waals surface area contributed by atoms with Gasteiger partial charge < -0.3 is 39.9 Å². The van der Waals surface area contributed by atoms with E-state index in [0.717, 1.165) is 46.1 Å². The molecule has 6 atom stereocenters. The summed E-state index contributed by atoms with van der Waals surface area (Å²) in [4.78, 5) is 71.5. The number of aromatic amines is 2. The number of fused-ring (bicyclic) bond motifs is 1. The third-order valence-electron chi connectivity index (χ3n) is 11.3. The van der Waals surface area contributed by atoms with Crippen LogP contribution in [-0.4, -0.2) is 93.1 Å². The van der Waals surface area contributed by atoms with Crippen LogP contribution in [0, 0.1) is 61.2 Å². The van der Waals surface area contributed by atoms with Crippen LogP contribution in [0.2, 0.25) is 0 Å². The summed E-state index contributed by atoms with van der Waals surface area (Å²) in [5, 5.41) is 7.44. The number of aryl methyl sites for hydroxylation is 2. The van der Waals surface area contributed by atoms with Crippen LogP contribution in [0.5, 0.6) is 0 Å². The average molecular weight is 817 g/mol. The Morgan fingerprint density at radius 1 is 0.667 bits per heavy atom. The van der Waals surface area contributed by atoms with E-state index in [9.17, 15) is 19.2 Å². The maximum Gasteiger partial charge on any atom is 0.407 e. The minimum atomic E-state index is -0.717. The number of carbonyl (C=O) groups is 4. The van der Waals surface area contributed by atoms with E-state index in [1.807, 2.05) is 87.7 Å². The minimum Gasteiger partial charge on any atom is -0.453 e. The molecule has 60 heavy (non-hydrogen) atoms. The Labute approximate surface area is 352 Å². The van der Waals surface area contributed by atoms with E-state index >= 15 is 0 Å². The molecule has 6 unspecified atom stereocenters. The van der Waals surface area contributed by atoms with Gasteiger partial charge in [-0.25, -0.2) is 19.6 Å². The van der Waals surface area contributed by atoms with Gasteiger partial charge in [-0.2, -0.15) is 0 Å². The molecular weight excluding hydrogens is 761 g/mol. The number of amides is 4. The zero-order chi connectivity index (χ0) is 43.4. The highest BCUT2D eigenvalue weighted by Crippen LogP contribution is 2.37. The maximum atomic E-state index is 13.7. The summed E-state index contributed by atoms with van der Waals surface area (Å²) in [7, 11) is 2.57. The van der Waals surface area contributed by atoms with E-state index in [2.05, 4.69) is 58.1 Å². The van der Waals surface area contributed by atoms with Crippen molar-refractivity contribution in [3.63, 3.8) is 0 Å². The van der Waals surface area contributed by atoms with Crippen LogP contribution in [-0.2, 0) is 19.1 Å². The molecule has 4 N–H and O–H groups in total. The number of methoxy groups -OCH3 is 2. The zero-order valence-electron chi connectivity index (χ0n) is 36.1. The predicted octanol–water partition coefficient (Wildman–Crippen LogP) is 6.28. The third kappa shape index (κ3) is 9.60. The first kappa shape index (κ1) is 43.3. The Bertz CT molecular complexity index is 2230. The van der Waals surface area contributed by atoms with Gasteiger partial charge in [-0.05, 0) is 97.2 Å². The summed E-state index contributed by atoms with van der Waals surface area (Å²) in [6, 6.07) is 10.1. The lowest BCUT2D eigenvalue weighted by atomic mass is 10.0. The molecule has 0 spiro atoms. The Morgan fingerprint density at radius 2 is 1.05 bits per heavy atom. The summed E-state index contributed by atoms with van der Waals surface area (Å²) in [6.45, 7) is 16.8. The summed E-state index contributed by atoms with van der Waals surface area (Å²) >= 11 is 0. The van der Waals surface area contributed by atoms with Gasteiger partial charge in [0.1, 0.15) is 35.1 Å². The fraction of sp³-hybridized carbons (Fsp3) is 0.478. The van der Waals surface area contributed by atoms with E-state index in [4.69, 9.17) is 19.4 Å². The van der Waals surface area contributed by atoms with Gasteiger partial charge in [0.05, 0.1) is 26.3 Å². The van der Waals surface area contributed by atoms with Crippen LogP contribution in [0.4, 0.5) is 9.59 Å². The van der Waals surface area contributed by atoms with Crippen molar-refractivity contribution >= 4 is 34.8 Å². The maximum absolute atomic E-state index is 13.7. The molecule has 14 heteroatoms. The Balaban J connectivity index is 1.16. The van der Waals surface area contributed by atoms with Crippen LogP contribution >= 0.6 is 0 Å². The predicted molar refractivity (Wildman–Crippen MR) is 227 cm³/mol. The van der Waals surface area contributed by atoms with Crippen molar-refractivity contribution in [3.05, 3.63) is 81.9 Å². The Hall–Kier alpha value is -6.28. The number of H-pyrrole nitrogens is 2. The van der Waals surface area contributed by atoms with Crippen molar-refractivity contribution in [1.82, 2.24) is 40.4 Å². The van der Waals surface area contributed by atoms with Crippen molar-refractivity contribution in [2.24, 2.45) is 23.7 Å². The van der Waals surface area contributed by atoms with E-state index in [1.165, 1.54) is 14.2 Å². The van der Waals surface area contributed by atoms with Crippen molar-refractivity contribution in [2.45, 2.75) is 92.4 Å². The van der Waals surface area contributed by atoms with Crippen LogP contribution in [0.1, 0.15) is 112 Å². The molecule has 4 amide bonds. The highest BCUT2D eigenvalue weighted by Gasteiger charge is 2.41. The summed E-state index contributed by atoms with van der Waals surface area (Å²) < 4.78 is 9.55. The molecule has 14 nitrogen and oxygen atoms in total. The number of rotatable bonds is 8. The van der Waals surface area contributed by atoms with Crippen LogP contribution in [0.3, 0.4) is 0 Å². The number of hydrogen-bond acceptors (Lipinski definition) is 8. The molecule has 316 valence electrons. The fourth-order valence-electron chi connectivity index (χ4n) is 8.04. The van der Waals surface area contributed by atoms with Gasteiger partial charge in [-0.15, -0.1) is 0 Å². The van der Waals surface area contributed by atoms with Gasteiger partial charge in [0.2, 0.25) is 11.8 Å². The average Bonchev–Trinajstić information content (AvgIpc) is 4.00. The van der Waals surface area contributed by atoms with Crippen LogP contribution < -0.4 is 10.6 Å². The van der Waals surface area contributed by atoms with E-state index in [0.29, 0.717) is 36.1 Å². The lowest BCUT2D eigenvalue weighted by Crippen LogP contribution is -2.51. The summed E-state index contributed by atoms with van der Waals surface area (Å²) in [5.74, 6) is 14.3. The molecule has 2 fully saturated rings. The number of nitrogens with one attached hydrogen (secondary N) is 4. The topological polar surface area (TPSA) is 175 Å². The highest BCUT2D eigenvalue weighted by molar-refractivity contribution is 5.88. The molecule has 2 saturated heterocycles. The van der Waals surface area contributed by atoms with Crippen molar-refractivity contribution in [2.75, 3.05) is 27.3 Å². The lowest BCUT2D eigenvalue weighted by Gasteiger charge is -2.30. The first-order valence-corrected chi connectivity index (χ1v) is 20.6. The molecule has 2 aliphatic rings. The second-order valence-corrected chi connectivity index (χ2v) is 16.9. The van der Waals surface area contributed by atoms with E-state index in [1.54, 1.807) is 0 Å². The number of hydrogen-bond donors (Lipinski definition) is 4. The summed E-state index contributed by atoms with van der Waals surface area (Å²) in [6.07, 6.45) is 0.212. The third-order valence-corrected chi connectivity index (χ3v) is 11.3. The minimum absolute atomic E-state index is 0.128. The standard InChI is InChI=1S/C46H56N8O6/c1-25(2)39(51-45(57)59-9)43(55)53-23-27(5)19-37(53)41-47-29(7)35(49-41)17-13-31-11-15-34-22-32(12-16-33(34)21-31)14-18-36-30(8)48-42(50-36)38-20-28(6)24-54(38)44(56)40(26(3)4)52-46(58)60-10/h11-12,15-16,21-22,25-28,37-40H,19-20,23-24H2,1-10H3,(H,47,49)(H,48,50)(H,51,57)(H,52,58). The Morgan fingerprint density at radius 3 is 1.40 bits per heavy atom. The monoisotopic (exact) mass is 816 g/mol. The molecule has 4 aromatic rings. The van der Waals surface area contributed by atoms with E-state index in [-0.39, 0.29) is 47.6 Å². The number of likely N-dealkylation sites (tertiary alicyclic amines) is 2. The normalized spacial score (nSPS) is 19.7. The fourth-order valence-corrected chi connectivity index (χ4v) is 8.04. The molecule has 2 aliphatic heterocycles. The molecule has 0 aliphatic carbocycles. The van der Waals surface area contributed by atoms with E-state index < -0.39 is 24.3 Å². The quantitative estimate of drug-likeness (QED) is 0.150. The zero-order valence-corrected chi connectivity index (χ0v) is 36.1. The second-order valence-electron chi connectivity index (χ2n) is 16.9. The van der Waals surface area contributed by atoms with Crippen molar-refractivity contribution < 1.29 is 28.7 Å². The molecule has 2 aromatic carbocycles. The van der Waals surface area contributed by atoms with Gasteiger partial charge >= 0.3 is 12.2 Å². The van der Waals surface area contributed by atoms with Crippen molar-refractivity contribution in [1.29, 1.82) is 0 Å². The smallest absolute Gasteiger partial charge is 0.407 e. The largest absolute Gasteiger partial charge is 0.453 e. The van der Waals surface area contributed by atoms with Gasteiger partial charge in [0, 0.05) is 35.6 Å².